The minimum Gasteiger partial charge on any atom is -0.457 e. The molecule has 2 unspecified atom stereocenters. The van der Waals surface area contributed by atoms with Gasteiger partial charge in [0.1, 0.15) is 12.0 Å². The number of likely N-dealkylation sites (tertiary alicyclic amines) is 1. The van der Waals surface area contributed by atoms with E-state index in [0.717, 1.165) is 15.9 Å². The Bertz CT molecular complexity index is 1730. The summed E-state index contributed by atoms with van der Waals surface area (Å²) < 4.78 is 5.83. The summed E-state index contributed by atoms with van der Waals surface area (Å²) in [7, 11) is 1.53. The number of ether oxygens (including phenoxy) is 1. The quantitative estimate of drug-likeness (QED) is 0.0773. The van der Waals surface area contributed by atoms with E-state index in [0.29, 0.717) is 11.1 Å². The monoisotopic (exact) mass is 646 g/mol. The standard InChI is InChI=1S/C39H39N2O5P/c1-5-24-46-39(45)38(47(30-18-9-6-10-19-30,31-20-11-7-12-21-31)32-22-13-8-14-23-32)41-33(35(27(2)3)37(41)44)26-34(42)28-16-15-17-29(25-28)36(43)40-4/h5-23,25,27,33,35H,1,24,26H2,2-4H3,(H,40,43). The predicted molar refractivity (Wildman–Crippen MR) is 189 cm³/mol. The molecule has 5 rings (SSSR count). The summed E-state index contributed by atoms with van der Waals surface area (Å²) in [6.07, 6.45) is 1.46. The molecule has 7 nitrogen and oxygen atoms in total. The van der Waals surface area contributed by atoms with Gasteiger partial charge in [0.15, 0.2) is 5.78 Å². The van der Waals surface area contributed by atoms with Crippen molar-refractivity contribution in [3.63, 3.8) is 0 Å². The van der Waals surface area contributed by atoms with E-state index in [1.165, 1.54) is 13.1 Å². The third kappa shape index (κ3) is 6.36. The molecule has 0 saturated carbocycles. The molecule has 240 valence electrons. The van der Waals surface area contributed by atoms with Gasteiger partial charge in [0, 0.05) is 31.5 Å². The number of carbonyl (C=O) groups is 4. The number of ketones is 1. The average molecular weight is 647 g/mol. The molecule has 8 heteroatoms. The van der Waals surface area contributed by atoms with Gasteiger partial charge in [-0.05, 0) is 34.0 Å². The second kappa shape index (κ2) is 14.6. The highest BCUT2D eigenvalue weighted by atomic mass is 31.2. The molecule has 1 fully saturated rings. The minimum atomic E-state index is -3.10. The van der Waals surface area contributed by atoms with Crippen molar-refractivity contribution in [2.75, 3.05) is 13.7 Å². The molecule has 1 aliphatic heterocycles. The van der Waals surface area contributed by atoms with Crippen LogP contribution in [0.25, 0.3) is 0 Å². The molecule has 2 amide bonds. The fraction of sp³-hybridized carbons (Fsp3) is 0.205. The number of β-lactam (4-membered cyclic amide) rings is 1. The Kier molecular flexibility index (Phi) is 10.4. The molecule has 1 saturated heterocycles. The maximum atomic E-state index is 14.6. The molecule has 4 aromatic carbocycles. The van der Waals surface area contributed by atoms with Crippen LogP contribution in [0.3, 0.4) is 0 Å². The fourth-order valence-electron chi connectivity index (χ4n) is 6.43. The lowest BCUT2D eigenvalue weighted by molar-refractivity contribution is -0.153. The zero-order valence-electron chi connectivity index (χ0n) is 26.8. The van der Waals surface area contributed by atoms with Crippen molar-refractivity contribution in [2.45, 2.75) is 26.3 Å². The van der Waals surface area contributed by atoms with Gasteiger partial charge in [-0.2, -0.15) is 0 Å². The second-order valence-corrected chi connectivity index (χ2v) is 15.0. The molecule has 0 bridgehead atoms. The van der Waals surface area contributed by atoms with E-state index in [2.05, 4.69) is 11.9 Å². The van der Waals surface area contributed by atoms with E-state index in [-0.39, 0.29) is 42.0 Å². The van der Waals surface area contributed by atoms with E-state index < -0.39 is 24.8 Å². The molecule has 2 atom stereocenters. The normalized spacial score (nSPS) is 15.8. The summed E-state index contributed by atoms with van der Waals surface area (Å²) >= 11 is 0. The largest absolute Gasteiger partial charge is 0.457 e. The fourth-order valence-corrected chi connectivity index (χ4v) is 10.8. The molecule has 1 heterocycles. The van der Waals surface area contributed by atoms with Crippen LogP contribution in [0, 0.1) is 11.8 Å². The lowest BCUT2D eigenvalue weighted by Gasteiger charge is -2.51. The summed E-state index contributed by atoms with van der Waals surface area (Å²) in [6, 6.07) is 35.2. The van der Waals surface area contributed by atoms with Crippen LogP contribution in [0.1, 0.15) is 41.0 Å². The SMILES string of the molecule is C=CCOC(=O)C(N1C(=O)C(C(C)C)C1CC(=O)c1cccc(C(=O)NC)c1)=P(c1ccccc1)(c1ccccc1)c1ccccc1. The van der Waals surface area contributed by atoms with Crippen LogP contribution in [-0.4, -0.2) is 53.6 Å². The molecule has 0 spiro atoms. The Morgan fingerprint density at radius 1 is 0.830 bits per heavy atom. The minimum absolute atomic E-state index is 0.0393. The molecular weight excluding hydrogens is 607 g/mol. The van der Waals surface area contributed by atoms with E-state index in [1.807, 2.05) is 105 Å². The lowest BCUT2D eigenvalue weighted by atomic mass is 9.76. The maximum Gasteiger partial charge on any atom is 0.356 e. The van der Waals surface area contributed by atoms with Crippen LogP contribution in [-0.2, 0) is 14.3 Å². The first-order chi connectivity index (χ1) is 22.7. The van der Waals surface area contributed by atoms with E-state index in [1.54, 1.807) is 29.2 Å². The smallest absolute Gasteiger partial charge is 0.356 e. The van der Waals surface area contributed by atoms with Crippen LogP contribution >= 0.6 is 6.89 Å². The van der Waals surface area contributed by atoms with E-state index in [9.17, 15) is 19.2 Å². The summed E-state index contributed by atoms with van der Waals surface area (Å²) in [5.74, 6) is -2.00. The number of rotatable bonds is 12. The number of amides is 2. The van der Waals surface area contributed by atoms with Gasteiger partial charge >= 0.3 is 5.97 Å². The summed E-state index contributed by atoms with van der Waals surface area (Å²) in [5.41, 5.74) is 0.948. The molecule has 0 aliphatic carbocycles. The van der Waals surface area contributed by atoms with Gasteiger partial charge in [-0.15, -0.1) is 0 Å². The van der Waals surface area contributed by atoms with Crippen LogP contribution in [0.2, 0.25) is 0 Å². The van der Waals surface area contributed by atoms with Crippen LogP contribution in [0.15, 0.2) is 128 Å². The van der Waals surface area contributed by atoms with Crippen LogP contribution in [0.4, 0.5) is 0 Å². The zero-order chi connectivity index (χ0) is 33.6. The van der Waals surface area contributed by atoms with E-state index >= 15 is 0 Å². The maximum absolute atomic E-state index is 14.6. The van der Waals surface area contributed by atoms with Crippen LogP contribution < -0.4 is 21.2 Å². The van der Waals surface area contributed by atoms with Gasteiger partial charge in [0.25, 0.3) is 5.91 Å². The van der Waals surface area contributed by atoms with Crippen molar-refractivity contribution >= 4 is 51.8 Å². The number of hydrogen-bond donors (Lipinski definition) is 1. The van der Waals surface area contributed by atoms with Gasteiger partial charge in [-0.25, -0.2) is 4.79 Å². The number of esters is 1. The molecule has 0 radical (unpaired) electrons. The number of Topliss-reactive ketones (excluding diaryl/α,β-unsaturated/α-hetero) is 1. The second-order valence-electron chi connectivity index (χ2n) is 11.7. The topological polar surface area (TPSA) is 92.8 Å². The Labute approximate surface area is 276 Å². The molecule has 1 aliphatic rings. The van der Waals surface area contributed by atoms with Crippen LogP contribution in [0.5, 0.6) is 0 Å². The Morgan fingerprint density at radius 2 is 1.34 bits per heavy atom. The highest BCUT2D eigenvalue weighted by Crippen LogP contribution is 2.50. The molecule has 1 N–H and O–H groups in total. The summed E-state index contributed by atoms with van der Waals surface area (Å²) in [4.78, 5) is 56.8. The molecular formula is C39H39N2O5P. The highest BCUT2D eigenvalue weighted by Gasteiger charge is 2.55. The number of benzene rings is 4. The van der Waals surface area contributed by atoms with Crippen molar-refractivity contribution in [1.29, 1.82) is 0 Å². The third-order valence-electron chi connectivity index (χ3n) is 8.55. The number of nitrogens with zero attached hydrogens (tertiary/aromatic N) is 1. The van der Waals surface area contributed by atoms with Gasteiger partial charge < -0.3 is 15.0 Å². The molecule has 4 aromatic rings. The summed E-state index contributed by atoms with van der Waals surface area (Å²) in [5, 5.41) is 5.19. The number of nitrogens with one attached hydrogen (secondary N) is 1. The molecule has 0 aromatic heterocycles. The lowest BCUT2D eigenvalue weighted by Crippen LogP contribution is -2.67. The number of hydrogen-bond acceptors (Lipinski definition) is 5. The van der Waals surface area contributed by atoms with Crippen molar-refractivity contribution in [3.05, 3.63) is 139 Å². The first-order valence-corrected chi connectivity index (χ1v) is 17.4. The average Bonchev–Trinajstić information content (AvgIpc) is 3.11. The Hall–Kier alpha value is -5.00. The number of carbonyl (C=O) groups excluding carboxylic acids is 4. The molecule has 47 heavy (non-hydrogen) atoms. The Balaban J connectivity index is 1.81. The van der Waals surface area contributed by atoms with Gasteiger partial charge in [0.05, 0.1) is 12.0 Å². The first kappa shape index (κ1) is 33.4. The third-order valence-corrected chi connectivity index (χ3v) is 12.8. The van der Waals surface area contributed by atoms with Crippen molar-refractivity contribution < 1.29 is 23.9 Å². The van der Waals surface area contributed by atoms with Gasteiger partial charge in [0.2, 0.25) is 5.91 Å². The van der Waals surface area contributed by atoms with Gasteiger partial charge in [-0.3, -0.25) is 14.4 Å². The first-order valence-electron chi connectivity index (χ1n) is 15.7. The van der Waals surface area contributed by atoms with Crippen molar-refractivity contribution in [1.82, 2.24) is 10.2 Å². The van der Waals surface area contributed by atoms with Gasteiger partial charge in [-0.1, -0.05) is 130 Å². The summed E-state index contributed by atoms with van der Waals surface area (Å²) in [6.45, 7) is 4.49. The van der Waals surface area contributed by atoms with Crippen molar-refractivity contribution in [3.8, 4) is 0 Å². The zero-order valence-corrected chi connectivity index (χ0v) is 27.7. The Morgan fingerprint density at radius 3 is 1.81 bits per heavy atom. The predicted octanol–water partition coefficient (Wildman–Crippen LogP) is 4.96. The van der Waals surface area contributed by atoms with Crippen molar-refractivity contribution in [2.24, 2.45) is 11.8 Å². The highest BCUT2D eigenvalue weighted by molar-refractivity contribution is 7.96. The van der Waals surface area contributed by atoms with E-state index in [4.69, 9.17) is 4.74 Å².